The number of para-hydroxylation sites is 1. The maximum absolute atomic E-state index is 5.32. The van der Waals surface area contributed by atoms with E-state index in [1.807, 2.05) is 12.1 Å². The molecule has 6 rings (SSSR count). The van der Waals surface area contributed by atoms with Crippen molar-refractivity contribution in [1.82, 2.24) is 9.47 Å². The minimum absolute atomic E-state index is 0.453. The van der Waals surface area contributed by atoms with Crippen molar-refractivity contribution in [2.24, 2.45) is 0 Å². The molecule has 0 saturated carbocycles. The van der Waals surface area contributed by atoms with Gasteiger partial charge in [0.05, 0.1) is 13.2 Å². The summed E-state index contributed by atoms with van der Waals surface area (Å²) >= 11 is 0. The summed E-state index contributed by atoms with van der Waals surface area (Å²) in [6.07, 6.45) is 3.45. The molecule has 2 aliphatic heterocycles. The number of fused-ring (bicyclic) bond motifs is 5. The van der Waals surface area contributed by atoms with Gasteiger partial charge in [0.2, 0.25) is 0 Å². The van der Waals surface area contributed by atoms with Gasteiger partial charge in [-0.2, -0.15) is 0 Å². The highest BCUT2D eigenvalue weighted by Gasteiger charge is 2.37. The van der Waals surface area contributed by atoms with E-state index in [1.165, 1.54) is 34.3 Å². The van der Waals surface area contributed by atoms with Crippen LogP contribution in [0.2, 0.25) is 0 Å². The standard InChI is InChI=1S/C29H31N3O/c1-33-24-13-11-22(12-14-24)30-23-15-17-31-18-16-26-25-9-5-6-10-27(25)32(29(26)28(31)19-23)20-21-7-3-2-4-8-21/h2-14,23,28,30H,15-20H2,1H3. The number of benzene rings is 3. The molecule has 3 heterocycles. The zero-order valence-corrected chi connectivity index (χ0v) is 19.2. The van der Waals surface area contributed by atoms with E-state index in [2.05, 4.69) is 81.5 Å². The molecule has 4 nitrogen and oxygen atoms in total. The predicted molar refractivity (Wildman–Crippen MR) is 135 cm³/mol. The third-order valence-corrected chi connectivity index (χ3v) is 7.44. The number of rotatable bonds is 5. The first kappa shape index (κ1) is 20.4. The smallest absolute Gasteiger partial charge is 0.119 e. The van der Waals surface area contributed by atoms with Crippen LogP contribution in [0.25, 0.3) is 10.9 Å². The molecule has 2 atom stereocenters. The summed E-state index contributed by atoms with van der Waals surface area (Å²) < 4.78 is 7.93. The molecule has 0 amide bonds. The molecule has 0 radical (unpaired) electrons. The first-order valence-electron chi connectivity index (χ1n) is 12.1. The molecule has 2 aliphatic rings. The van der Waals surface area contributed by atoms with Gasteiger partial charge in [-0.1, -0.05) is 48.5 Å². The van der Waals surface area contributed by atoms with Crippen LogP contribution in [0.5, 0.6) is 5.75 Å². The Morgan fingerprint density at radius 1 is 0.909 bits per heavy atom. The van der Waals surface area contributed by atoms with Crippen molar-refractivity contribution < 1.29 is 4.74 Å². The molecule has 0 bridgehead atoms. The van der Waals surface area contributed by atoms with Gasteiger partial charge in [0, 0.05) is 48.0 Å². The molecule has 1 N–H and O–H groups in total. The van der Waals surface area contributed by atoms with Crippen molar-refractivity contribution in [2.75, 3.05) is 25.5 Å². The summed E-state index contributed by atoms with van der Waals surface area (Å²) in [4.78, 5) is 2.72. The monoisotopic (exact) mass is 437 g/mol. The second kappa shape index (κ2) is 8.60. The molecule has 168 valence electrons. The SMILES string of the molecule is COc1ccc(NC2CCN3CCc4c(n(Cc5ccccc5)c5ccccc45)C3C2)cc1. The molecule has 1 fully saturated rings. The van der Waals surface area contributed by atoms with Gasteiger partial charge in [-0.25, -0.2) is 0 Å². The number of nitrogens with zero attached hydrogens (tertiary/aromatic N) is 2. The minimum Gasteiger partial charge on any atom is -0.497 e. The van der Waals surface area contributed by atoms with E-state index in [1.54, 1.807) is 12.7 Å². The van der Waals surface area contributed by atoms with Crippen molar-refractivity contribution in [1.29, 1.82) is 0 Å². The van der Waals surface area contributed by atoms with Crippen molar-refractivity contribution in [3.63, 3.8) is 0 Å². The molecule has 4 heteroatoms. The van der Waals surface area contributed by atoms with E-state index in [9.17, 15) is 0 Å². The Bertz CT molecular complexity index is 1250. The van der Waals surface area contributed by atoms with E-state index < -0.39 is 0 Å². The normalized spacial score (nSPS) is 20.3. The number of nitrogens with one attached hydrogen (secondary N) is 1. The average molecular weight is 438 g/mol. The Labute approximate surface area is 195 Å². The number of methoxy groups -OCH3 is 1. The summed E-state index contributed by atoms with van der Waals surface area (Å²) in [5, 5.41) is 5.25. The Morgan fingerprint density at radius 2 is 1.70 bits per heavy atom. The van der Waals surface area contributed by atoms with Crippen LogP contribution < -0.4 is 10.1 Å². The van der Waals surface area contributed by atoms with E-state index in [0.717, 1.165) is 38.2 Å². The number of hydrogen-bond acceptors (Lipinski definition) is 3. The van der Waals surface area contributed by atoms with Crippen LogP contribution in [0, 0.1) is 0 Å². The minimum atomic E-state index is 0.453. The average Bonchev–Trinajstić information content (AvgIpc) is 3.19. The Hall–Kier alpha value is -3.24. The lowest BCUT2D eigenvalue weighted by Crippen LogP contribution is -2.45. The van der Waals surface area contributed by atoms with E-state index in [-0.39, 0.29) is 0 Å². The third-order valence-electron chi connectivity index (χ3n) is 7.44. The fourth-order valence-corrected chi connectivity index (χ4v) is 5.85. The fourth-order valence-electron chi connectivity index (χ4n) is 5.85. The number of aromatic nitrogens is 1. The molecule has 2 unspecified atom stereocenters. The van der Waals surface area contributed by atoms with Crippen LogP contribution in [0.3, 0.4) is 0 Å². The largest absolute Gasteiger partial charge is 0.497 e. The van der Waals surface area contributed by atoms with Crippen LogP contribution in [-0.4, -0.2) is 35.7 Å². The maximum Gasteiger partial charge on any atom is 0.119 e. The lowest BCUT2D eigenvalue weighted by atomic mass is 9.88. The van der Waals surface area contributed by atoms with Crippen LogP contribution in [-0.2, 0) is 13.0 Å². The Balaban J connectivity index is 1.35. The zero-order valence-electron chi connectivity index (χ0n) is 19.2. The molecule has 3 aromatic carbocycles. The van der Waals surface area contributed by atoms with E-state index in [0.29, 0.717) is 12.1 Å². The van der Waals surface area contributed by atoms with Crippen molar-refractivity contribution in [2.45, 2.75) is 37.9 Å². The maximum atomic E-state index is 5.32. The lowest BCUT2D eigenvalue weighted by molar-refractivity contribution is 0.125. The van der Waals surface area contributed by atoms with Crippen LogP contribution in [0.1, 0.15) is 35.7 Å². The third kappa shape index (κ3) is 3.79. The first-order valence-corrected chi connectivity index (χ1v) is 12.1. The molecule has 4 aromatic rings. The van der Waals surface area contributed by atoms with Crippen LogP contribution >= 0.6 is 0 Å². The summed E-state index contributed by atoms with van der Waals surface area (Å²) in [5.74, 6) is 0.901. The highest BCUT2D eigenvalue weighted by atomic mass is 16.5. The lowest BCUT2D eigenvalue weighted by Gasteiger charge is -2.43. The van der Waals surface area contributed by atoms with Crippen molar-refractivity contribution in [3.05, 3.63) is 95.7 Å². The fraction of sp³-hybridized carbons (Fsp3) is 0.310. The zero-order chi connectivity index (χ0) is 22.2. The van der Waals surface area contributed by atoms with Crippen molar-refractivity contribution in [3.8, 4) is 5.75 Å². The highest BCUT2D eigenvalue weighted by Crippen LogP contribution is 2.42. The molecule has 1 saturated heterocycles. The summed E-state index contributed by atoms with van der Waals surface area (Å²) in [6, 6.07) is 29.1. The van der Waals surface area contributed by atoms with Gasteiger partial charge in [0.15, 0.2) is 0 Å². The first-order chi connectivity index (χ1) is 16.3. The summed E-state index contributed by atoms with van der Waals surface area (Å²) in [7, 11) is 1.72. The molecule has 0 spiro atoms. The number of ether oxygens (including phenoxy) is 1. The van der Waals surface area contributed by atoms with Crippen LogP contribution in [0.15, 0.2) is 78.9 Å². The van der Waals surface area contributed by atoms with Gasteiger partial charge in [0.25, 0.3) is 0 Å². The Kier molecular flexibility index (Phi) is 5.31. The summed E-state index contributed by atoms with van der Waals surface area (Å²) in [5.41, 5.74) is 7.01. The second-order valence-corrected chi connectivity index (χ2v) is 9.35. The van der Waals surface area contributed by atoms with Crippen molar-refractivity contribution >= 4 is 16.6 Å². The predicted octanol–water partition coefficient (Wildman–Crippen LogP) is 5.87. The molecule has 0 aliphatic carbocycles. The molecule has 1 aromatic heterocycles. The van der Waals surface area contributed by atoms with Gasteiger partial charge < -0.3 is 14.6 Å². The van der Waals surface area contributed by atoms with Gasteiger partial charge in [-0.15, -0.1) is 0 Å². The topological polar surface area (TPSA) is 29.4 Å². The number of anilines is 1. The molecule has 33 heavy (non-hydrogen) atoms. The summed E-state index contributed by atoms with van der Waals surface area (Å²) in [6.45, 7) is 3.23. The number of piperidine rings is 1. The van der Waals surface area contributed by atoms with Crippen LogP contribution in [0.4, 0.5) is 5.69 Å². The van der Waals surface area contributed by atoms with E-state index >= 15 is 0 Å². The van der Waals surface area contributed by atoms with Gasteiger partial charge in [0.1, 0.15) is 5.75 Å². The van der Waals surface area contributed by atoms with E-state index in [4.69, 9.17) is 4.74 Å². The van der Waals surface area contributed by atoms with Gasteiger partial charge in [-0.3, -0.25) is 4.90 Å². The highest BCUT2D eigenvalue weighted by molar-refractivity contribution is 5.86. The van der Waals surface area contributed by atoms with Gasteiger partial charge in [-0.05, 0) is 60.7 Å². The molecular weight excluding hydrogens is 406 g/mol. The Morgan fingerprint density at radius 3 is 2.52 bits per heavy atom. The van der Waals surface area contributed by atoms with Gasteiger partial charge >= 0.3 is 0 Å². The number of hydrogen-bond donors (Lipinski definition) is 1. The molecular formula is C29H31N3O. The second-order valence-electron chi connectivity index (χ2n) is 9.35. The quantitative estimate of drug-likeness (QED) is 0.423.